The molecular weight excluding hydrogens is 414 g/mol. The highest BCUT2D eigenvalue weighted by atomic mass is 16.6. The van der Waals surface area contributed by atoms with E-state index in [9.17, 15) is 14.9 Å². The van der Waals surface area contributed by atoms with Gasteiger partial charge in [-0.25, -0.2) is 0 Å². The van der Waals surface area contributed by atoms with Gasteiger partial charge in [0.05, 0.1) is 18.1 Å². The fraction of sp³-hybridized carbons (Fsp3) is 0.348. The van der Waals surface area contributed by atoms with E-state index in [1.807, 2.05) is 0 Å². The van der Waals surface area contributed by atoms with E-state index in [1.54, 1.807) is 18.2 Å². The van der Waals surface area contributed by atoms with Gasteiger partial charge in [0.25, 0.3) is 11.6 Å². The summed E-state index contributed by atoms with van der Waals surface area (Å²) in [5.41, 5.74) is 0.00350. The minimum atomic E-state index is -0.617. The lowest BCUT2D eigenvalue weighted by Crippen LogP contribution is -2.25. The van der Waals surface area contributed by atoms with E-state index in [0.29, 0.717) is 23.8 Å². The number of hydrogen-bond acceptors (Lipinski definition) is 7. The summed E-state index contributed by atoms with van der Waals surface area (Å²) in [4.78, 5) is 25.9. The largest absolute Gasteiger partial charge is 0.493 e. The summed E-state index contributed by atoms with van der Waals surface area (Å²) in [6.07, 6.45) is 3.97. The van der Waals surface area contributed by atoms with Gasteiger partial charge in [-0.1, -0.05) is 12.7 Å². The zero-order valence-corrected chi connectivity index (χ0v) is 18.0. The number of rotatable bonds is 11. The van der Waals surface area contributed by atoms with Gasteiger partial charge in [0.1, 0.15) is 24.5 Å². The number of benzene rings is 2. The molecule has 32 heavy (non-hydrogen) atoms. The molecule has 0 radical (unpaired) electrons. The lowest BCUT2D eigenvalue weighted by Gasteiger charge is -2.16. The smallest absolute Gasteiger partial charge is 0.285 e. The van der Waals surface area contributed by atoms with Crippen LogP contribution in [0.3, 0.4) is 0 Å². The number of nitrogens with zero attached hydrogens (tertiary/aromatic N) is 2. The van der Waals surface area contributed by atoms with Crippen LogP contribution >= 0.6 is 0 Å². The van der Waals surface area contributed by atoms with Crippen molar-refractivity contribution in [2.75, 3.05) is 45.3 Å². The molecule has 1 aliphatic rings. The van der Waals surface area contributed by atoms with Crippen molar-refractivity contribution < 1.29 is 23.9 Å². The summed E-state index contributed by atoms with van der Waals surface area (Å²) < 4.78 is 16.5. The average molecular weight is 441 g/mol. The fourth-order valence-corrected chi connectivity index (χ4v) is 3.45. The Hall–Kier alpha value is -3.59. The fourth-order valence-electron chi connectivity index (χ4n) is 3.45. The first kappa shape index (κ1) is 23.1. The molecule has 0 spiro atoms. The van der Waals surface area contributed by atoms with Crippen LogP contribution in [0, 0.1) is 10.1 Å². The minimum Gasteiger partial charge on any atom is -0.493 e. The minimum absolute atomic E-state index is 0.0779. The van der Waals surface area contributed by atoms with E-state index in [-0.39, 0.29) is 23.6 Å². The Bertz CT molecular complexity index is 972. The van der Waals surface area contributed by atoms with Crippen LogP contribution < -0.4 is 19.5 Å². The van der Waals surface area contributed by atoms with Gasteiger partial charge < -0.3 is 19.5 Å². The molecule has 0 unspecified atom stereocenters. The van der Waals surface area contributed by atoms with Crippen LogP contribution in [0.15, 0.2) is 49.1 Å². The average Bonchev–Trinajstić information content (AvgIpc) is 3.31. The zero-order valence-electron chi connectivity index (χ0n) is 18.0. The Balaban J connectivity index is 1.68. The van der Waals surface area contributed by atoms with Gasteiger partial charge in [-0.3, -0.25) is 19.8 Å². The van der Waals surface area contributed by atoms with Gasteiger partial charge in [0.2, 0.25) is 0 Å². The lowest BCUT2D eigenvalue weighted by molar-refractivity contribution is -0.385. The Labute approximate surface area is 186 Å². The number of nitrogens with one attached hydrogen (secondary N) is 1. The van der Waals surface area contributed by atoms with E-state index < -0.39 is 10.8 Å². The third-order valence-corrected chi connectivity index (χ3v) is 5.06. The van der Waals surface area contributed by atoms with Gasteiger partial charge in [0.15, 0.2) is 11.5 Å². The number of ether oxygens (including phenoxy) is 3. The highest BCUT2D eigenvalue weighted by molar-refractivity contribution is 6.07. The molecule has 2 aromatic rings. The Kier molecular flexibility index (Phi) is 8.04. The molecule has 1 fully saturated rings. The summed E-state index contributed by atoms with van der Waals surface area (Å²) in [6, 6.07) is 9.08. The first-order chi connectivity index (χ1) is 15.5. The number of likely N-dealkylation sites (tertiary alicyclic amines) is 1. The molecule has 9 heteroatoms. The van der Waals surface area contributed by atoms with Crippen LogP contribution in [0.4, 0.5) is 11.4 Å². The summed E-state index contributed by atoms with van der Waals surface area (Å²) in [7, 11) is 1.51. The Morgan fingerprint density at radius 3 is 2.66 bits per heavy atom. The van der Waals surface area contributed by atoms with Gasteiger partial charge in [-0.15, -0.1) is 0 Å². The molecule has 1 aliphatic heterocycles. The van der Waals surface area contributed by atoms with E-state index in [4.69, 9.17) is 14.2 Å². The molecule has 0 saturated carbocycles. The number of methoxy groups -OCH3 is 1. The number of hydrogen-bond donors (Lipinski definition) is 1. The number of anilines is 1. The third-order valence-electron chi connectivity index (χ3n) is 5.06. The second kappa shape index (κ2) is 11.1. The van der Waals surface area contributed by atoms with E-state index in [0.717, 1.165) is 19.6 Å². The summed E-state index contributed by atoms with van der Waals surface area (Å²) in [6.45, 7) is 7.31. The van der Waals surface area contributed by atoms with E-state index in [2.05, 4.69) is 16.8 Å². The zero-order chi connectivity index (χ0) is 22.9. The number of nitro benzene ring substituents is 1. The van der Waals surface area contributed by atoms with Crippen molar-refractivity contribution >= 4 is 17.3 Å². The van der Waals surface area contributed by atoms with Crippen molar-refractivity contribution in [2.24, 2.45) is 0 Å². The molecule has 1 N–H and O–H groups in total. The number of carbonyl (C=O) groups excluding carboxylic acids is 1. The van der Waals surface area contributed by atoms with Crippen LogP contribution in [0.25, 0.3) is 0 Å². The molecule has 9 nitrogen and oxygen atoms in total. The quantitative estimate of drug-likeness (QED) is 0.320. The van der Waals surface area contributed by atoms with Gasteiger partial charge in [-0.2, -0.15) is 0 Å². The van der Waals surface area contributed by atoms with E-state index in [1.165, 1.54) is 44.2 Å². The van der Waals surface area contributed by atoms with Crippen LogP contribution in [-0.2, 0) is 0 Å². The van der Waals surface area contributed by atoms with Crippen molar-refractivity contribution in [3.8, 4) is 17.2 Å². The molecule has 0 aromatic heterocycles. The predicted molar refractivity (Wildman–Crippen MR) is 121 cm³/mol. The number of carbonyl (C=O) groups is 1. The molecule has 1 saturated heterocycles. The van der Waals surface area contributed by atoms with Crippen LogP contribution in [-0.4, -0.2) is 55.7 Å². The maximum absolute atomic E-state index is 12.7. The van der Waals surface area contributed by atoms with Crippen LogP contribution in [0.2, 0.25) is 0 Å². The summed E-state index contributed by atoms with van der Waals surface area (Å²) in [5, 5.41) is 14.1. The topological polar surface area (TPSA) is 103 Å². The third kappa shape index (κ3) is 5.98. The molecule has 1 heterocycles. The SMILES string of the molecule is C=CCOc1ccc(C(=O)Nc2ccc(OCCN3CCCC3)c(OC)c2)c([N+](=O)[O-])c1. The highest BCUT2D eigenvalue weighted by Crippen LogP contribution is 2.31. The highest BCUT2D eigenvalue weighted by Gasteiger charge is 2.22. The van der Waals surface area contributed by atoms with Crippen molar-refractivity contribution in [3.63, 3.8) is 0 Å². The first-order valence-corrected chi connectivity index (χ1v) is 10.4. The number of amides is 1. The predicted octanol–water partition coefficient (Wildman–Crippen LogP) is 3.90. The van der Waals surface area contributed by atoms with Crippen molar-refractivity contribution in [1.82, 2.24) is 4.90 Å². The molecule has 2 aromatic carbocycles. The summed E-state index contributed by atoms with van der Waals surface area (Å²) in [5.74, 6) is 0.702. The van der Waals surface area contributed by atoms with Gasteiger partial charge in [0, 0.05) is 18.3 Å². The van der Waals surface area contributed by atoms with Crippen molar-refractivity contribution in [3.05, 3.63) is 64.7 Å². The summed E-state index contributed by atoms with van der Waals surface area (Å²) >= 11 is 0. The molecule has 0 bridgehead atoms. The molecule has 170 valence electrons. The second-order valence-electron chi connectivity index (χ2n) is 7.25. The molecular formula is C23H27N3O6. The Morgan fingerprint density at radius 1 is 1.19 bits per heavy atom. The van der Waals surface area contributed by atoms with Crippen molar-refractivity contribution in [1.29, 1.82) is 0 Å². The Morgan fingerprint density at radius 2 is 1.97 bits per heavy atom. The monoisotopic (exact) mass is 441 g/mol. The van der Waals surface area contributed by atoms with Crippen molar-refractivity contribution in [2.45, 2.75) is 12.8 Å². The standard InChI is InChI=1S/C23H27N3O6/c1-3-13-31-18-7-8-19(20(16-18)26(28)29)23(27)24-17-6-9-21(22(15-17)30-2)32-14-12-25-10-4-5-11-25/h3,6-9,15-16H,1,4-5,10-14H2,2H3,(H,24,27). The van der Waals surface area contributed by atoms with Crippen LogP contribution in [0.1, 0.15) is 23.2 Å². The molecule has 3 rings (SSSR count). The van der Waals surface area contributed by atoms with Gasteiger partial charge in [-0.05, 0) is 50.2 Å². The molecule has 0 atom stereocenters. The maximum atomic E-state index is 12.7. The lowest BCUT2D eigenvalue weighted by atomic mass is 10.1. The molecule has 1 amide bonds. The van der Waals surface area contributed by atoms with E-state index >= 15 is 0 Å². The molecule has 0 aliphatic carbocycles. The number of nitro groups is 1. The maximum Gasteiger partial charge on any atom is 0.285 e. The first-order valence-electron chi connectivity index (χ1n) is 10.4. The van der Waals surface area contributed by atoms with Crippen LogP contribution in [0.5, 0.6) is 17.2 Å². The second-order valence-corrected chi connectivity index (χ2v) is 7.25. The van der Waals surface area contributed by atoms with Gasteiger partial charge >= 0.3 is 0 Å². The normalized spacial score (nSPS) is 13.4.